The largest absolute Gasteiger partial charge is 0.334 e. The fourth-order valence-corrected chi connectivity index (χ4v) is 2.70. The van der Waals surface area contributed by atoms with Gasteiger partial charge in [0.05, 0.1) is 5.56 Å². The van der Waals surface area contributed by atoms with Crippen molar-refractivity contribution in [3.63, 3.8) is 0 Å². The van der Waals surface area contributed by atoms with Gasteiger partial charge in [-0.25, -0.2) is 0 Å². The summed E-state index contributed by atoms with van der Waals surface area (Å²) in [5.41, 5.74) is 6.74. The third-order valence-electron chi connectivity index (χ3n) is 2.60. The van der Waals surface area contributed by atoms with E-state index in [0.29, 0.717) is 18.1 Å². The summed E-state index contributed by atoms with van der Waals surface area (Å²) in [6.07, 6.45) is 1.53. The van der Waals surface area contributed by atoms with E-state index in [9.17, 15) is 0 Å². The Kier molecular flexibility index (Phi) is 4.53. The van der Waals surface area contributed by atoms with Gasteiger partial charge in [-0.15, -0.1) is 0 Å². The Morgan fingerprint density at radius 3 is 2.83 bits per heavy atom. The number of rotatable bonds is 4. The molecule has 0 spiro atoms. The highest BCUT2D eigenvalue weighted by molar-refractivity contribution is 9.11. The number of hydrogen-bond acceptors (Lipinski definition) is 4. The molecule has 2 N–H and O–H groups in total. The van der Waals surface area contributed by atoms with Crippen molar-refractivity contribution in [1.82, 2.24) is 10.1 Å². The molecule has 96 valence electrons. The highest BCUT2D eigenvalue weighted by Gasteiger charge is 2.13. The Morgan fingerprint density at radius 1 is 1.39 bits per heavy atom. The second-order valence-corrected chi connectivity index (χ2v) is 5.78. The van der Waals surface area contributed by atoms with Crippen molar-refractivity contribution >= 4 is 31.9 Å². The van der Waals surface area contributed by atoms with Gasteiger partial charge < -0.3 is 10.3 Å². The predicted octanol–water partition coefficient (Wildman–Crippen LogP) is 3.54. The van der Waals surface area contributed by atoms with Gasteiger partial charge in [0.25, 0.3) is 5.89 Å². The summed E-state index contributed by atoms with van der Waals surface area (Å²) in [4.78, 5) is 4.36. The van der Waals surface area contributed by atoms with E-state index in [4.69, 9.17) is 10.3 Å². The Labute approximate surface area is 122 Å². The van der Waals surface area contributed by atoms with Crippen LogP contribution in [0.4, 0.5) is 0 Å². The highest BCUT2D eigenvalue weighted by Crippen LogP contribution is 2.29. The molecule has 1 unspecified atom stereocenters. The molecule has 0 aliphatic heterocycles. The fourth-order valence-electron chi connectivity index (χ4n) is 1.49. The predicted molar refractivity (Wildman–Crippen MR) is 77.1 cm³/mol. The summed E-state index contributed by atoms with van der Waals surface area (Å²) < 4.78 is 7.16. The summed E-state index contributed by atoms with van der Waals surface area (Å²) in [7, 11) is 0. The van der Waals surface area contributed by atoms with Crippen molar-refractivity contribution in [2.24, 2.45) is 5.73 Å². The normalized spacial score (nSPS) is 12.7. The summed E-state index contributed by atoms with van der Waals surface area (Å²) in [6.45, 7) is 2.04. The van der Waals surface area contributed by atoms with E-state index in [1.807, 2.05) is 25.1 Å². The van der Waals surface area contributed by atoms with Gasteiger partial charge in [0.15, 0.2) is 5.82 Å². The molecule has 1 heterocycles. The van der Waals surface area contributed by atoms with Gasteiger partial charge in [-0.2, -0.15) is 4.98 Å². The van der Waals surface area contributed by atoms with Crippen LogP contribution < -0.4 is 5.73 Å². The van der Waals surface area contributed by atoms with Crippen LogP contribution in [0.15, 0.2) is 31.7 Å². The van der Waals surface area contributed by atoms with Gasteiger partial charge in [0.2, 0.25) is 0 Å². The van der Waals surface area contributed by atoms with Crippen molar-refractivity contribution in [3.05, 3.63) is 33.0 Å². The molecule has 0 amide bonds. The zero-order valence-corrected chi connectivity index (χ0v) is 13.0. The quantitative estimate of drug-likeness (QED) is 0.888. The monoisotopic (exact) mass is 373 g/mol. The Morgan fingerprint density at radius 2 is 2.17 bits per heavy atom. The molecule has 0 radical (unpaired) electrons. The van der Waals surface area contributed by atoms with Crippen LogP contribution in [0.5, 0.6) is 0 Å². The van der Waals surface area contributed by atoms with Crippen LogP contribution in [0.2, 0.25) is 0 Å². The number of aromatic nitrogens is 2. The zero-order valence-electron chi connectivity index (χ0n) is 9.86. The lowest BCUT2D eigenvalue weighted by Crippen LogP contribution is -2.21. The maximum absolute atomic E-state index is 5.87. The second kappa shape index (κ2) is 5.95. The van der Waals surface area contributed by atoms with E-state index in [1.54, 1.807) is 0 Å². The molecule has 18 heavy (non-hydrogen) atoms. The van der Waals surface area contributed by atoms with Crippen LogP contribution in [-0.2, 0) is 6.42 Å². The maximum atomic E-state index is 5.87. The standard InChI is InChI=1S/C12H13Br2N3O/c1-2-8(15)6-11-16-12(18-17-11)9-4-3-7(13)5-10(9)14/h3-5,8H,2,6,15H2,1H3. The molecule has 1 aromatic carbocycles. The van der Waals surface area contributed by atoms with E-state index in [1.165, 1.54) is 0 Å². The molecule has 0 saturated heterocycles. The summed E-state index contributed by atoms with van der Waals surface area (Å²) in [5, 5.41) is 3.95. The first-order valence-corrected chi connectivity index (χ1v) is 7.22. The van der Waals surface area contributed by atoms with Gasteiger partial charge in [0.1, 0.15) is 0 Å². The van der Waals surface area contributed by atoms with E-state index in [2.05, 4.69) is 42.0 Å². The summed E-state index contributed by atoms with van der Waals surface area (Å²) in [5.74, 6) is 1.15. The molecule has 6 heteroatoms. The molecule has 1 aromatic heterocycles. The van der Waals surface area contributed by atoms with Crippen LogP contribution in [0.1, 0.15) is 19.2 Å². The fraction of sp³-hybridized carbons (Fsp3) is 0.333. The lowest BCUT2D eigenvalue weighted by molar-refractivity contribution is 0.419. The lowest BCUT2D eigenvalue weighted by Gasteiger charge is -2.02. The lowest BCUT2D eigenvalue weighted by atomic mass is 10.1. The SMILES string of the molecule is CCC(N)Cc1noc(-c2ccc(Br)cc2Br)n1. The van der Waals surface area contributed by atoms with Gasteiger partial charge >= 0.3 is 0 Å². The second-order valence-electron chi connectivity index (χ2n) is 4.01. The molecule has 0 aliphatic rings. The topological polar surface area (TPSA) is 64.9 Å². The summed E-state index contributed by atoms with van der Waals surface area (Å²) in [6, 6.07) is 5.87. The van der Waals surface area contributed by atoms with Crippen molar-refractivity contribution in [3.8, 4) is 11.5 Å². The van der Waals surface area contributed by atoms with E-state index >= 15 is 0 Å². The first kappa shape index (κ1) is 13.7. The zero-order chi connectivity index (χ0) is 13.1. The average molecular weight is 375 g/mol. The minimum atomic E-state index is 0.0730. The molecule has 2 rings (SSSR count). The molecular formula is C12H13Br2N3O. The van der Waals surface area contributed by atoms with E-state index in [-0.39, 0.29) is 6.04 Å². The van der Waals surface area contributed by atoms with Crippen LogP contribution in [0, 0.1) is 0 Å². The molecule has 0 saturated carbocycles. The number of halogens is 2. The first-order valence-electron chi connectivity index (χ1n) is 5.63. The minimum Gasteiger partial charge on any atom is -0.334 e. The number of nitrogens with zero attached hydrogens (tertiary/aromatic N) is 2. The molecule has 1 atom stereocenters. The van der Waals surface area contributed by atoms with Crippen LogP contribution in [0.25, 0.3) is 11.5 Å². The van der Waals surface area contributed by atoms with Crippen LogP contribution in [-0.4, -0.2) is 16.2 Å². The maximum Gasteiger partial charge on any atom is 0.259 e. The third-order valence-corrected chi connectivity index (χ3v) is 3.75. The van der Waals surface area contributed by atoms with Crippen LogP contribution >= 0.6 is 31.9 Å². The molecule has 0 fully saturated rings. The highest BCUT2D eigenvalue weighted by atomic mass is 79.9. The van der Waals surface area contributed by atoms with E-state index in [0.717, 1.165) is 20.9 Å². The molecule has 2 aromatic rings. The van der Waals surface area contributed by atoms with Gasteiger partial charge in [-0.3, -0.25) is 0 Å². The molecule has 4 nitrogen and oxygen atoms in total. The Balaban J connectivity index is 2.24. The van der Waals surface area contributed by atoms with Crippen molar-refractivity contribution in [2.45, 2.75) is 25.8 Å². The van der Waals surface area contributed by atoms with E-state index < -0.39 is 0 Å². The third kappa shape index (κ3) is 3.18. The first-order chi connectivity index (χ1) is 8.60. The average Bonchev–Trinajstić information content (AvgIpc) is 2.77. The van der Waals surface area contributed by atoms with Gasteiger partial charge in [-0.1, -0.05) is 28.0 Å². The van der Waals surface area contributed by atoms with Crippen LogP contribution in [0.3, 0.4) is 0 Å². The van der Waals surface area contributed by atoms with Gasteiger partial charge in [-0.05, 0) is 40.5 Å². The summed E-state index contributed by atoms with van der Waals surface area (Å²) >= 11 is 6.88. The number of hydrogen-bond donors (Lipinski definition) is 1. The van der Waals surface area contributed by atoms with Crippen molar-refractivity contribution in [1.29, 1.82) is 0 Å². The molecule has 0 aliphatic carbocycles. The number of nitrogens with two attached hydrogens (primary N) is 1. The Hall–Kier alpha value is -0.720. The van der Waals surface area contributed by atoms with Crippen molar-refractivity contribution < 1.29 is 4.52 Å². The number of benzene rings is 1. The minimum absolute atomic E-state index is 0.0730. The molecule has 0 bridgehead atoms. The van der Waals surface area contributed by atoms with Crippen molar-refractivity contribution in [2.75, 3.05) is 0 Å². The molecular weight excluding hydrogens is 362 g/mol. The van der Waals surface area contributed by atoms with Gasteiger partial charge in [0, 0.05) is 21.4 Å². The smallest absolute Gasteiger partial charge is 0.259 e. The Bertz CT molecular complexity index is 542.